The molecule has 0 bridgehead atoms. The molecule has 0 saturated carbocycles. The molecule has 44 heavy (non-hydrogen) atoms. The largest absolute Gasteiger partial charge is 0.534 e. The van der Waals surface area contributed by atoms with Crippen molar-refractivity contribution in [3.8, 4) is 23.0 Å². The second-order valence-corrected chi connectivity index (χ2v) is 11.4. The molecule has 5 rings (SSSR count). The van der Waals surface area contributed by atoms with Gasteiger partial charge in [0.15, 0.2) is 0 Å². The number of alkyl halides is 3. The number of nitrogen functional groups attached to an aromatic ring is 1. The van der Waals surface area contributed by atoms with E-state index in [1.165, 1.54) is 28.6 Å². The number of hydrogen-bond donors (Lipinski definition) is 2. The number of amides is 1. The number of benzene rings is 1. The monoisotopic (exact) mass is 635 g/mol. The van der Waals surface area contributed by atoms with E-state index in [1.807, 2.05) is 13.1 Å². The summed E-state index contributed by atoms with van der Waals surface area (Å²) in [6.45, 7) is 3.49. The summed E-state index contributed by atoms with van der Waals surface area (Å²) in [4.78, 5) is 20.7. The lowest BCUT2D eigenvalue weighted by molar-refractivity contribution is -0.111. The fourth-order valence-electron chi connectivity index (χ4n) is 4.50. The Kier molecular flexibility index (Phi) is 8.38. The number of carbonyl (C=O) groups is 1. The molecule has 1 aliphatic rings. The number of rotatable bonds is 9. The number of nitrogens with one attached hydrogen (secondary N) is 1. The molecule has 1 aliphatic heterocycles. The van der Waals surface area contributed by atoms with Crippen LogP contribution >= 0.6 is 0 Å². The first-order chi connectivity index (χ1) is 20.8. The molecule has 0 aliphatic carbocycles. The number of aromatic nitrogens is 5. The predicted molar refractivity (Wildman–Crippen MR) is 155 cm³/mol. The second kappa shape index (κ2) is 12.0. The first kappa shape index (κ1) is 30.6. The molecule has 1 fully saturated rings. The van der Waals surface area contributed by atoms with Crippen LogP contribution in [0.4, 0.5) is 30.2 Å². The zero-order valence-corrected chi connectivity index (χ0v) is 24.3. The molecule has 0 unspecified atom stereocenters. The van der Waals surface area contributed by atoms with Crippen molar-refractivity contribution < 1.29 is 35.3 Å². The molecule has 0 atom stereocenters. The molecule has 14 nitrogen and oxygen atoms in total. The van der Waals surface area contributed by atoms with Crippen molar-refractivity contribution in [1.82, 2.24) is 29.3 Å². The average molecular weight is 636 g/mol. The number of piperazine rings is 1. The number of hydrogen-bond acceptors (Lipinski definition) is 11. The van der Waals surface area contributed by atoms with Crippen LogP contribution in [0.3, 0.4) is 0 Å². The number of nitrogens with zero attached hydrogens (tertiary/aromatic N) is 7. The first-order valence-electron chi connectivity index (χ1n) is 13.1. The van der Waals surface area contributed by atoms with Gasteiger partial charge in [0, 0.05) is 50.1 Å². The highest BCUT2D eigenvalue weighted by molar-refractivity contribution is 7.87. The van der Waals surface area contributed by atoms with E-state index in [0.29, 0.717) is 33.9 Å². The van der Waals surface area contributed by atoms with Crippen molar-refractivity contribution in [2.75, 3.05) is 56.3 Å². The molecular weight excluding hydrogens is 607 g/mol. The third kappa shape index (κ3) is 6.55. The molecule has 4 heterocycles. The van der Waals surface area contributed by atoms with Crippen LogP contribution in [0.15, 0.2) is 55.0 Å². The van der Waals surface area contributed by atoms with E-state index in [1.54, 1.807) is 30.5 Å². The van der Waals surface area contributed by atoms with E-state index >= 15 is 0 Å². The first-order valence-corrected chi connectivity index (χ1v) is 14.5. The third-order valence-electron chi connectivity index (χ3n) is 6.79. The molecule has 3 aromatic heterocycles. The van der Waals surface area contributed by atoms with Crippen molar-refractivity contribution in [3.63, 3.8) is 0 Å². The molecule has 234 valence electrons. The number of anilines is 3. The maximum atomic E-state index is 12.8. The second-order valence-electron chi connectivity index (χ2n) is 9.82. The summed E-state index contributed by atoms with van der Waals surface area (Å²) in [5, 5.41) is 10.9. The number of methoxy groups -OCH3 is 1. The van der Waals surface area contributed by atoms with Gasteiger partial charge in [0.1, 0.15) is 5.75 Å². The maximum Gasteiger partial charge on any atom is 0.534 e. The van der Waals surface area contributed by atoms with Crippen molar-refractivity contribution in [1.29, 1.82) is 0 Å². The average Bonchev–Trinajstić information content (AvgIpc) is 3.60. The summed E-state index contributed by atoms with van der Waals surface area (Å²) in [5.41, 5.74) is 3.49. The zero-order valence-electron chi connectivity index (χ0n) is 23.5. The van der Waals surface area contributed by atoms with Crippen LogP contribution in [0.2, 0.25) is 0 Å². The summed E-state index contributed by atoms with van der Waals surface area (Å²) >= 11 is 0. The van der Waals surface area contributed by atoms with Crippen molar-refractivity contribution in [3.05, 3.63) is 55.0 Å². The number of likely N-dealkylation sites (N-methyl/N-ethyl adjacent to an activating group) is 1. The summed E-state index contributed by atoms with van der Waals surface area (Å²) in [5.74, 6) is 0.132. The minimum atomic E-state index is -5.94. The van der Waals surface area contributed by atoms with Gasteiger partial charge in [-0.05, 0) is 25.2 Å². The Morgan fingerprint density at radius 2 is 1.91 bits per heavy atom. The fourth-order valence-corrected chi connectivity index (χ4v) is 4.87. The van der Waals surface area contributed by atoms with Crippen LogP contribution in [0, 0.1) is 0 Å². The normalized spacial score (nSPS) is 14.8. The van der Waals surface area contributed by atoms with E-state index in [0.717, 1.165) is 38.1 Å². The van der Waals surface area contributed by atoms with Gasteiger partial charge in [0.05, 0.1) is 54.3 Å². The highest BCUT2D eigenvalue weighted by atomic mass is 32.2. The van der Waals surface area contributed by atoms with Gasteiger partial charge in [-0.1, -0.05) is 6.08 Å². The molecule has 1 aromatic carbocycles. The minimum Gasteiger partial charge on any atom is -0.495 e. The number of carbonyl (C=O) groups excluding carboxylic acids is 1. The topological polar surface area (TPSA) is 162 Å². The molecule has 4 aromatic rings. The summed E-state index contributed by atoms with van der Waals surface area (Å²) in [6.07, 6.45) is 7.18. The number of nitrogens with two attached hydrogens (primary N) is 1. The van der Waals surface area contributed by atoms with Gasteiger partial charge in [-0.15, -0.1) is 5.10 Å². The maximum absolute atomic E-state index is 12.8. The number of fused-ring (bicyclic) bond motifs is 1. The van der Waals surface area contributed by atoms with Gasteiger partial charge in [-0.25, -0.2) is 4.52 Å². The molecule has 1 saturated heterocycles. The minimum absolute atomic E-state index is 0.208. The number of allylic oxidation sites excluding steroid dienone is 1. The van der Waals surface area contributed by atoms with Crippen LogP contribution in [0.25, 0.3) is 16.8 Å². The van der Waals surface area contributed by atoms with Gasteiger partial charge in [0.2, 0.25) is 5.91 Å². The van der Waals surface area contributed by atoms with Crippen LogP contribution < -0.4 is 24.9 Å². The van der Waals surface area contributed by atoms with Crippen molar-refractivity contribution in [2.45, 2.75) is 12.1 Å². The summed E-state index contributed by atoms with van der Waals surface area (Å²) in [6, 6.07) is 5.67. The van der Waals surface area contributed by atoms with Crippen molar-refractivity contribution >= 4 is 38.6 Å². The van der Waals surface area contributed by atoms with E-state index in [9.17, 15) is 26.4 Å². The molecular formula is C26H28F3N9O5S. The summed E-state index contributed by atoms with van der Waals surface area (Å²) in [7, 11) is -2.36. The highest BCUT2D eigenvalue weighted by Crippen LogP contribution is 2.36. The Hall–Kier alpha value is -4.84. The van der Waals surface area contributed by atoms with Crippen LogP contribution in [0.5, 0.6) is 11.8 Å². The van der Waals surface area contributed by atoms with Gasteiger partial charge >= 0.3 is 21.6 Å². The van der Waals surface area contributed by atoms with E-state index in [-0.39, 0.29) is 12.5 Å². The highest BCUT2D eigenvalue weighted by Gasteiger charge is 2.49. The fraction of sp³-hybridized carbons (Fsp3) is 0.308. The lowest BCUT2D eigenvalue weighted by atomic mass is 10.1. The van der Waals surface area contributed by atoms with E-state index in [4.69, 9.17) is 10.5 Å². The van der Waals surface area contributed by atoms with E-state index in [2.05, 4.69) is 34.5 Å². The van der Waals surface area contributed by atoms with Gasteiger partial charge in [0.25, 0.3) is 0 Å². The lowest BCUT2D eigenvalue weighted by Crippen LogP contribution is -2.44. The Bertz CT molecular complexity index is 1810. The predicted octanol–water partition coefficient (Wildman–Crippen LogP) is 2.36. The lowest BCUT2D eigenvalue weighted by Gasteiger charge is -2.35. The van der Waals surface area contributed by atoms with Gasteiger partial charge in [-0.3, -0.25) is 9.48 Å². The Morgan fingerprint density at radius 3 is 2.61 bits per heavy atom. The molecule has 0 spiro atoms. The molecule has 0 radical (unpaired) electrons. The number of halogens is 3. The molecule has 3 N–H and O–H groups in total. The van der Waals surface area contributed by atoms with Crippen molar-refractivity contribution in [2.24, 2.45) is 0 Å². The number of ether oxygens (including phenoxy) is 1. The Labute approximate surface area is 249 Å². The third-order valence-corrected chi connectivity index (χ3v) is 7.72. The Morgan fingerprint density at radius 1 is 1.16 bits per heavy atom. The van der Waals surface area contributed by atoms with Crippen LogP contribution in [0.1, 0.15) is 0 Å². The van der Waals surface area contributed by atoms with Gasteiger partial charge < -0.3 is 29.8 Å². The molecule has 18 heteroatoms. The van der Waals surface area contributed by atoms with Gasteiger partial charge in [-0.2, -0.15) is 31.7 Å². The van der Waals surface area contributed by atoms with Crippen LogP contribution in [-0.4, -0.2) is 89.4 Å². The van der Waals surface area contributed by atoms with E-state index < -0.39 is 21.6 Å². The molecule has 1 amide bonds. The quantitative estimate of drug-likeness (QED) is 0.120. The summed E-state index contributed by atoms with van der Waals surface area (Å²) < 4.78 is 72.9. The Balaban J connectivity index is 1.27. The SMILES string of the molecule is COc1cc(N2CCN(C)CC2)c(NC(=O)/C=C/Cn2cc(-c3ccc4cnc(OS(=O)(=O)C(F)(F)F)nn34)cn2)cc1N. The smallest absolute Gasteiger partial charge is 0.495 e. The zero-order chi connectivity index (χ0) is 31.6. The van der Waals surface area contributed by atoms with Crippen LogP contribution in [-0.2, 0) is 21.5 Å². The standard InChI is InChI=1S/C26H28F3N9O5S/c1-35-8-10-36(11-9-35)22-13-23(42-2)19(30)12-20(22)33-24(39)4-3-7-37-16-17(14-32-37)21-6-5-18-15-31-25(34-38(18)21)43-44(40,41)26(27,28)29/h3-6,12-16H,7-11,30H2,1-2H3,(H,33,39)/b4-3+.